The number of nitrogens with one attached hydrogen (secondary N) is 4. The molecule has 5 atom stereocenters. The normalized spacial score (nSPS) is 15.0. The first-order valence-electron chi connectivity index (χ1n) is 11.5. The van der Waals surface area contributed by atoms with Crippen LogP contribution in [0.4, 0.5) is 0 Å². The number of aliphatic carboxylic acids is 1. The maximum Gasteiger partial charge on any atom is 0.326 e. The summed E-state index contributed by atoms with van der Waals surface area (Å²) in [5.74, 6) is -3.83. The van der Waals surface area contributed by atoms with Crippen LogP contribution in [0.25, 0.3) is 0 Å². The van der Waals surface area contributed by atoms with Crippen molar-refractivity contribution in [1.29, 1.82) is 0 Å². The Morgan fingerprint density at radius 2 is 1.69 bits per heavy atom. The first kappa shape index (κ1) is 30.3. The highest BCUT2D eigenvalue weighted by molar-refractivity contribution is 5.94. The molecule has 0 aromatic carbocycles. The summed E-state index contributed by atoms with van der Waals surface area (Å²) in [5.41, 5.74) is 17.0. The number of imidazole rings is 1. The van der Waals surface area contributed by atoms with E-state index in [1.807, 2.05) is 6.92 Å². The van der Waals surface area contributed by atoms with E-state index in [4.69, 9.17) is 17.2 Å². The number of aliphatic hydroxyl groups excluding tert-OH is 1. The minimum absolute atomic E-state index is 0.00705. The van der Waals surface area contributed by atoms with Crippen LogP contribution in [0.5, 0.6) is 0 Å². The number of hydrogen-bond donors (Lipinski definition) is 9. The first-order chi connectivity index (χ1) is 17.0. The van der Waals surface area contributed by atoms with E-state index in [1.165, 1.54) is 12.5 Å². The maximum absolute atomic E-state index is 13.0. The van der Waals surface area contributed by atoms with Crippen LogP contribution in [0, 0.1) is 5.92 Å². The molecule has 1 rings (SSSR count). The third-order valence-corrected chi connectivity index (χ3v) is 5.55. The Labute approximate surface area is 208 Å². The Morgan fingerprint density at radius 1 is 1.08 bits per heavy atom. The number of carbonyl (C=O) groups is 4. The fraction of sp³-hybridized carbons (Fsp3) is 0.619. The summed E-state index contributed by atoms with van der Waals surface area (Å²) in [6.45, 7) is 3.03. The van der Waals surface area contributed by atoms with Gasteiger partial charge in [-0.25, -0.2) is 9.78 Å². The van der Waals surface area contributed by atoms with E-state index < -0.39 is 54.5 Å². The maximum atomic E-state index is 13.0. The molecule has 0 fully saturated rings. The van der Waals surface area contributed by atoms with Gasteiger partial charge in [0.05, 0.1) is 19.0 Å². The molecule has 0 saturated carbocycles. The smallest absolute Gasteiger partial charge is 0.326 e. The largest absolute Gasteiger partial charge is 0.480 e. The second-order valence-electron chi connectivity index (χ2n) is 8.35. The lowest BCUT2D eigenvalue weighted by atomic mass is 9.98. The summed E-state index contributed by atoms with van der Waals surface area (Å²) in [7, 11) is 0. The van der Waals surface area contributed by atoms with Crippen LogP contribution in [0.3, 0.4) is 0 Å². The molecule has 5 unspecified atom stereocenters. The Hall–Kier alpha value is -3.72. The highest BCUT2D eigenvalue weighted by Gasteiger charge is 2.31. The molecule has 0 aliphatic heterocycles. The van der Waals surface area contributed by atoms with E-state index >= 15 is 0 Å². The van der Waals surface area contributed by atoms with E-state index in [-0.39, 0.29) is 37.7 Å². The van der Waals surface area contributed by atoms with E-state index in [0.717, 1.165) is 0 Å². The van der Waals surface area contributed by atoms with E-state index in [1.54, 1.807) is 6.92 Å². The fourth-order valence-corrected chi connectivity index (χ4v) is 3.11. The summed E-state index contributed by atoms with van der Waals surface area (Å²) < 4.78 is 0. The molecule has 0 aliphatic carbocycles. The van der Waals surface area contributed by atoms with Crippen molar-refractivity contribution in [3.63, 3.8) is 0 Å². The molecule has 15 nitrogen and oxygen atoms in total. The number of aromatic nitrogens is 2. The molecule has 15 heteroatoms. The van der Waals surface area contributed by atoms with Crippen molar-refractivity contribution in [3.05, 3.63) is 18.2 Å². The minimum atomic E-state index is -1.47. The Bertz CT molecular complexity index is 888. The first-order valence-corrected chi connectivity index (χ1v) is 11.5. The number of nitrogens with two attached hydrogens (primary N) is 3. The van der Waals surface area contributed by atoms with Crippen molar-refractivity contribution in [3.8, 4) is 0 Å². The van der Waals surface area contributed by atoms with Gasteiger partial charge in [0, 0.05) is 24.9 Å². The van der Waals surface area contributed by atoms with Crippen molar-refractivity contribution in [2.45, 2.75) is 63.7 Å². The van der Waals surface area contributed by atoms with Gasteiger partial charge in [0.2, 0.25) is 17.7 Å². The molecular weight excluding hydrogens is 474 g/mol. The molecule has 36 heavy (non-hydrogen) atoms. The Morgan fingerprint density at radius 3 is 2.22 bits per heavy atom. The lowest BCUT2D eigenvalue weighted by Crippen LogP contribution is -2.59. The standard InChI is InChI=1S/C21H37N9O6/c1-3-11(2)16(22)19(34)29-14(7-12-8-25-10-27-12)17(32)30-15(9-31)18(33)28-13(20(35)36)5-4-6-26-21(23)24/h8,10-11,13-16,31H,3-7,9,22H2,1-2H3,(H,25,27)(H,28,33)(H,29,34)(H,30,32)(H,35,36)(H4,23,24,26). The van der Waals surface area contributed by atoms with Gasteiger partial charge in [-0.05, 0) is 18.8 Å². The van der Waals surface area contributed by atoms with Gasteiger partial charge in [-0.3, -0.25) is 19.4 Å². The van der Waals surface area contributed by atoms with Gasteiger partial charge in [-0.2, -0.15) is 0 Å². The molecule has 3 amide bonds. The van der Waals surface area contributed by atoms with E-state index in [9.17, 15) is 29.4 Å². The number of carboxylic acid groups (broad SMARTS) is 1. The lowest BCUT2D eigenvalue weighted by Gasteiger charge is -2.25. The molecule has 0 saturated heterocycles. The van der Waals surface area contributed by atoms with Crippen LogP contribution in [0.2, 0.25) is 0 Å². The average molecular weight is 512 g/mol. The van der Waals surface area contributed by atoms with Gasteiger partial charge in [-0.15, -0.1) is 0 Å². The fourth-order valence-electron chi connectivity index (χ4n) is 3.11. The zero-order chi connectivity index (χ0) is 27.3. The second kappa shape index (κ2) is 15.3. The van der Waals surface area contributed by atoms with E-state index in [2.05, 4.69) is 30.9 Å². The zero-order valence-electron chi connectivity index (χ0n) is 20.4. The number of carbonyl (C=O) groups excluding carboxylic acids is 3. The number of aliphatic imine (C=N–C) groups is 1. The third-order valence-electron chi connectivity index (χ3n) is 5.55. The topological polar surface area (TPSA) is 264 Å². The summed E-state index contributed by atoms with van der Waals surface area (Å²) >= 11 is 0. The summed E-state index contributed by atoms with van der Waals surface area (Å²) in [4.78, 5) is 60.2. The van der Waals surface area contributed by atoms with Crippen LogP contribution < -0.4 is 33.2 Å². The summed E-state index contributed by atoms with van der Waals surface area (Å²) in [5, 5.41) is 26.3. The predicted molar refractivity (Wildman–Crippen MR) is 130 cm³/mol. The highest BCUT2D eigenvalue weighted by Crippen LogP contribution is 2.07. The second-order valence-corrected chi connectivity index (χ2v) is 8.35. The van der Waals surface area contributed by atoms with Crippen molar-refractivity contribution >= 4 is 29.7 Å². The van der Waals surface area contributed by atoms with Crippen molar-refractivity contribution in [2.75, 3.05) is 13.2 Å². The summed E-state index contributed by atoms with van der Waals surface area (Å²) in [6.07, 6.45) is 3.80. The van der Waals surface area contributed by atoms with Gasteiger partial charge in [0.15, 0.2) is 5.96 Å². The molecule has 12 N–H and O–H groups in total. The van der Waals surface area contributed by atoms with Crippen LogP contribution in [-0.2, 0) is 25.6 Å². The number of H-pyrrole nitrogens is 1. The number of aromatic amines is 1. The third kappa shape index (κ3) is 10.3. The minimum Gasteiger partial charge on any atom is -0.480 e. The number of rotatable bonds is 16. The van der Waals surface area contributed by atoms with Crippen LogP contribution in [-0.4, -0.2) is 87.2 Å². The van der Waals surface area contributed by atoms with Gasteiger partial charge < -0.3 is 48.3 Å². The van der Waals surface area contributed by atoms with Crippen molar-refractivity contribution in [1.82, 2.24) is 25.9 Å². The highest BCUT2D eigenvalue weighted by atomic mass is 16.4. The number of aliphatic hydroxyl groups is 1. The van der Waals surface area contributed by atoms with Gasteiger partial charge >= 0.3 is 5.97 Å². The molecule has 0 radical (unpaired) electrons. The summed E-state index contributed by atoms with van der Waals surface area (Å²) in [6, 6.07) is -4.78. The molecule has 202 valence electrons. The monoisotopic (exact) mass is 511 g/mol. The van der Waals surface area contributed by atoms with Gasteiger partial charge in [0.25, 0.3) is 0 Å². The predicted octanol–water partition coefficient (Wildman–Crippen LogP) is -3.09. The van der Waals surface area contributed by atoms with Crippen molar-refractivity contribution < 1.29 is 29.4 Å². The Kier molecular flexibility index (Phi) is 12.9. The molecule has 1 aromatic rings. The number of hydrogen-bond acceptors (Lipinski definition) is 8. The quantitative estimate of drug-likeness (QED) is 0.0613. The molecule has 0 aliphatic rings. The molecule has 1 heterocycles. The SMILES string of the molecule is CCC(C)C(N)C(=O)NC(Cc1cnc[nH]1)C(=O)NC(CO)C(=O)NC(CCCN=C(N)N)C(=O)O. The number of nitrogens with zero attached hydrogens (tertiary/aromatic N) is 2. The van der Waals surface area contributed by atoms with Crippen molar-refractivity contribution in [2.24, 2.45) is 28.1 Å². The molecule has 0 bridgehead atoms. The zero-order valence-corrected chi connectivity index (χ0v) is 20.4. The average Bonchev–Trinajstić information content (AvgIpc) is 3.35. The molecular formula is C21H37N9O6. The van der Waals surface area contributed by atoms with Crippen LogP contribution in [0.1, 0.15) is 38.8 Å². The Balaban J connectivity index is 2.89. The van der Waals surface area contributed by atoms with Crippen LogP contribution >= 0.6 is 0 Å². The van der Waals surface area contributed by atoms with E-state index in [0.29, 0.717) is 12.1 Å². The van der Waals surface area contributed by atoms with Crippen LogP contribution in [0.15, 0.2) is 17.5 Å². The number of carboxylic acids is 1. The van der Waals surface area contributed by atoms with Gasteiger partial charge in [0.1, 0.15) is 18.1 Å². The number of amides is 3. The van der Waals surface area contributed by atoms with Gasteiger partial charge in [-0.1, -0.05) is 20.3 Å². The lowest BCUT2D eigenvalue weighted by molar-refractivity contribution is -0.142. The molecule has 0 spiro atoms. The molecule has 1 aromatic heterocycles. The number of guanidine groups is 1.